The molecule has 5 nitrogen and oxygen atoms in total. The normalized spacial score (nSPS) is 13.9. The molecule has 1 aliphatic rings. The molecule has 1 aliphatic heterocycles. The Bertz CT molecular complexity index is 982. The molecule has 0 spiro atoms. The van der Waals surface area contributed by atoms with Crippen LogP contribution in [-0.4, -0.2) is 29.4 Å². The fraction of sp³-hybridized carbons (Fsp3) is 0.200. The second-order valence-corrected chi connectivity index (χ2v) is 6.73. The Morgan fingerprint density at radius 3 is 2.89 bits per heavy atom. The highest BCUT2D eigenvalue weighted by molar-refractivity contribution is 7.59. The molecule has 0 fully saturated rings. The Hall–Kier alpha value is -2.19. The standard InChI is InChI=1S/C20H20BN3O2.H2S/c22-10-18(15-3-4-19-17(9-15)12-24-21(19)26)20(25)8-13-1-2-16-11-23-6-5-14(16)7-13;/h1-7,9,11,18,24,26H,8,10,12,22H2;1H2/t18-;/m1./s1. The minimum absolute atomic E-state index is 0. The highest BCUT2D eigenvalue weighted by Crippen LogP contribution is 2.22. The monoisotopic (exact) mass is 379 g/mol. The van der Waals surface area contributed by atoms with E-state index in [2.05, 4.69) is 10.2 Å². The maximum absolute atomic E-state index is 12.9. The molecule has 2 heterocycles. The van der Waals surface area contributed by atoms with Crippen LogP contribution in [0, 0.1) is 0 Å². The maximum atomic E-state index is 12.9. The fourth-order valence-electron chi connectivity index (χ4n) is 3.60. The number of aromatic nitrogens is 1. The number of nitrogens with one attached hydrogen (secondary N) is 1. The van der Waals surface area contributed by atoms with Crippen LogP contribution in [0.1, 0.15) is 22.6 Å². The number of nitrogens with zero attached hydrogens (tertiary/aromatic N) is 1. The van der Waals surface area contributed by atoms with Crippen LogP contribution < -0.4 is 16.4 Å². The highest BCUT2D eigenvalue weighted by atomic mass is 32.1. The van der Waals surface area contributed by atoms with Crippen LogP contribution in [0.4, 0.5) is 0 Å². The number of rotatable bonds is 5. The number of benzene rings is 2. The lowest BCUT2D eigenvalue weighted by atomic mass is 9.75. The summed E-state index contributed by atoms with van der Waals surface area (Å²) >= 11 is 0. The summed E-state index contributed by atoms with van der Waals surface area (Å²) in [6.45, 7) is 0.875. The summed E-state index contributed by atoms with van der Waals surface area (Å²) in [6.07, 6.45) is 3.92. The number of carbonyl (C=O) groups excluding carboxylic acids is 1. The summed E-state index contributed by atoms with van der Waals surface area (Å²) in [7, 11) is -0.627. The van der Waals surface area contributed by atoms with Gasteiger partial charge < -0.3 is 16.0 Å². The SMILES string of the molecule is NC[C@@H](C(=O)Cc1ccc2cnccc2c1)c1ccc2c(c1)CNB2O.S. The smallest absolute Gasteiger partial charge is 0.413 e. The molecule has 0 amide bonds. The van der Waals surface area contributed by atoms with Crippen molar-refractivity contribution >= 4 is 42.6 Å². The first kappa shape index (κ1) is 19.6. The number of hydrogen-bond donors (Lipinski definition) is 3. The van der Waals surface area contributed by atoms with E-state index in [0.717, 1.165) is 32.9 Å². The number of pyridine rings is 1. The van der Waals surface area contributed by atoms with Crippen molar-refractivity contribution in [2.24, 2.45) is 5.73 Å². The van der Waals surface area contributed by atoms with Crippen LogP contribution in [0.5, 0.6) is 0 Å². The molecule has 2 aromatic carbocycles. The van der Waals surface area contributed by atoms with Crippen molar-refractivity contribution in [1.29, 1.82) is 0 Å². The van der Waals surface area contributed by atoms with Crippen LogP contribution in [0.15, 0.2) is 54.9 Å². The van der Waals surface area contributed by atoms with Gasteiger partial charge in [0, 0.05) is 37.3 Å². The minimum atomic E-state index is -0.627. The van der Waals surface area contributed by atoms with Gasteiger partial charge in [-0.2, -0.15) is 13.5 Å². The quantitative estimate of drug-likeness (QED) is 0.576. The number of fused-ring (bicyclic) bond motifs is 2. The molecule has 1 aromatic heterocycles. The largest absolute Gasteiger partial charge is 0.433 e. The van der Waals surface area contributed by atoms with Crippen molar-refractivity contribution in [1.82, 2.24) is 10.2 Å². The fourth-order valence-corrected chi connectivity index (χ4v) is 3.60. The van der Waals surface area contributed by atoms with Gasteiger partial charge >= 0.3 is 7.05 Å². The van der Waals surface area contributed by atoms with Gasteiger partial charge in [0.25, 0.3) is 0 Å². The van der Waals surface area contributed by atoms with Gasteiger partial charge in [0.2, 0.25) is 0 Å². The molecule has 4 N–H and O–H groups in total. The average molecular weight is 379 g/mol. The zero-order valence-electron chi connectivity index (χ0n) is 14.9. The van der Waals surface area contributed by atoms with E-state index in [1.807, 2.05) is 48.7 Å². The molecular weight excluding hydrogens is 357 g/mol. The Balaban J connectivity index is 0.00000210. The lowest BCUT2D eigenvalue weighted by Gasteiger charge is -2.16. The van der Waals surface area contributed by atoms with Gasteiger partial charge in [-0.3, -0.25) is 9.78 Å². The van der Waals surface area contributed by atoms with Crippen LogP contribution in [0.2, 0.25) is 0 Å². The minimum Gasteiger partial charge on any atom is -0.433 e. The molecule has 4 rings (SSSR count). The summed E-state index contributed by atoms with van der Waals surface area (Å²) in [4.78, 5) is 17.0. The topological polar surface area (TPSA) is 88.2 Å². The van der Waals surface area contributed by atoms with E-state index in [0.29, 0.717) is 13.0 Å². The molecular formula is C20H22BN3O2S. The first-order valence-corrected chi connectivity index (χ1v) is 8.75. The van der Waals surface area contributed by atoms with Crippen LogP contribution in [0.25, 0.3) is 10.8 Å². The molecule has 0 radical (unpaired) electrons. The first-order chi connectivity index (χ1) is 12.7. The molecule has 0 unspecified atom stereocenters. The third-order valence-corrected chi connectivity index (χ3v) is 5.06. The molecule has 0 saturated carbocycles. The highest BCUT2D eigenvalue weighted by Gasteiger charge is 2.27. The summed E-state index contributed by atoms with van der Waals surface area (Å²) in [5, 5.41) is 15.0. The van der Waals surface area contributed by atoms with Crippen LogP contribution in [0.3, 0.4) is 0 Å². The second-order valence-electron chi connectivity index (χ2n) is 6.73. The number of hydrogen-bond acceptors (Lipinski definition) is 5. The lowest BCUT2D eigenvalue weighted by molar-refractivity contribution is -0.119. The predicted molar refractivity (Wildman–Crippen MR) is 114 cm³/mol. The summed E-state index contributed by atoms with van der Waals surface area (Å²) < 4.78 is 0. The molecule has 27 heavy (non-hydrogen) atoms. The molecule has 0 bridgehead atoms. The van der Waals surface area contributed by atoms with E-state index in [-0.39, 0.29) is 31.7 Å². The number of nitrogens with two attached hydrogens (primary N) is 1. The van der Waals surface area contributed by atoms with E-state index in [4.69, 9.17) is 5.73 Å². The van der Waals surface area contributed by atoms with E-state index in [9.17, 15) is 9.82 Å². The van der Waals surface area contributed by atoms with Crippen molar-refractivity contribution < 1.29 is 9.82 Å². The molecule has 7 heteroatoms. The molecule has 3 aromatic rings. The Morgan fingerprint density at radius 2 is 2.07 bits per heavy atom. The molecule has 138 valence electrons. The average Bonchev–Trinajstić information content (AvgIpc) is 3.03. The van der Waals surface area contributed by atoms with Gasteiger partial charge in [-0.15, -0.1) is 0 Å². The van der Waals surface area contributed by atoms with Gasteiger partial charge in [0.05, 0.1) is 5.92 Å². The Kier molecular flexibility index (Phi) is 5.96. The lowest BCUT2D eigenvalue weighted by Crippen LogP contribution is -2.37. The van der Waals surface area contributed by atoms with E-state index in [1.54, 1.807) is 6.20 Å². The Morgan fingerprint density at radius 1 is 1.22 bits per heavy atom. The van der Waals surface area contributed by atoms with Gasteiger partial charge in [-0.1, -0.05) is 36.4 Å². The van der Waals surface area contributed by atoms with Crippen molar-refractivity contribution in [3.8, 4) is 0 Å². The van der Waals surface area contributed by atoms with Gasteiger partial charge in [-0.25, -0.2) is 0 Å². The number of Topliss-reactive ketones (excluding diaryl/α,β-unsaturated/α-hetero) is 1. The number of carbonyl (C=O) groups is 1. The van der Waals surface area contributed by atoms with Crippen molar-refractivity contribution in [3.63, 3.8) is 0 Å². The van der Waals surface area contributed by atoms with E-state index in [1.165, 1.54) is 0 Å². The summed E-state index contributed by atoms with van der Waals surface area (Å²) in [5.41, 5.74) is 9.72. The number of ketones is 1. The summed E-state index contributed by atoms with van der Waals surface area (Å²) in [6, 6.07) is 13.7. The van der Waals surface area contributed by atoms with Crippen LogP contribution in [-0.2, 0) is 17.8 Å². The van der Waals surface area contributed by atoms with Gasteiger partial charge in [-0.05, 0) is 33.6 Å². The zero-order chi connectivity index (χ0) is 18.1. The molecule has 0 saturated heterocycles. The van der Waals surface area contributed by atoms with Crippen molar-refractivity contribution in [2.75, 3.05) is 6.54 Å². The first-order valence-electron chi connectivity index (χ1n) is 8.75. The van der Waals surface area contributed by atoms with Gasteiger partial charge in [0.1, 0.15) is 5.78 Å². The predicted octanol–water partition coefficient (Wildman–Crippen LogP) is 0.992. The maximum Gasteiger partial charge on any atom is 0.413 e. The van der Waals surface area contributed by atoms with Crippen molar-refractivity contribution in [3.05, 3.63) is 71.5 Å². The second kappa shape index (κ2) is 8.23. The molecule has 1 atom stereocenters. The summed E-state index contributed by atoms with van der Waals surface area (Å²) in [5.74, 6) is -0.237. The third-order valence-electron chi connectivity index (χ3n) is 5.06. The van der Waals surface area contributed by atoms with Crippen molar-refractivity contribution in [2.45, 2.75) is 18.9 Å². The van der Waals surface area contributed by atoms with E-state index < -0.39 is 7.05 Å². The van der Waals surface area contributed by atoms with Gasteiger partial charge in [0.15, 0.2) is 0 Å². The Labute approximate surface area is 165 Å². The van der Waals surface area contributed by atoms with E-state index >= 15 is 0 Å². The zero-order valence-corrected chi connectivity index (χ0v) is 15.9. The third kappa shape index (κ3) is 3.91. The molecule has 0 aliphatic carbocycles. The van der Waals surface area contributed by atoms with Crippen LogP contribution >= 0.6 is 13.5 Å².